The molecule has 2 rings (SSSR count). The highest BCUT2D eigenvalue weighted by Gasteiger charge is 2.16. The normalized spacial score (nSPS) is 10.1. The molecule has 0 fully saturated rings. The standard InChI is InChI=1S/C13H14FN5O/c1-2-6-15-12-11(14)9(5-8-16-12)13(20)18-10-4-3-7-17-19-10/h3-5,7-8H,2,6H2,1H3,(H,15,16)(H,18,19,20). The third-order valence-electron chi connectivity index (χ3n) is 2.49. The summed E-state index contributed by atoms with van der Waals surface area (Å²) in [5, 5.41) is 12.6. The number of pyridine rings is 1. The SMILES string of the molecule is CCCNc1nccc(C(=O)Nc2cccnn2)c1F. The molecule has 0 saturated heterocycles. The minimum Gasteiger partial charge on any atom is -0.368 e. The highest BCUT2D eigenvalue weighted by Crippen LogP contribution is 2.16. The fraction of sp³-hybridized carbons (Fsp3) is 0.231. The number of nitrogens with zero attached hydrogens (tertiary/aromatic N) is 3. The molecule has 2 aromatic heterocycles. The molecule has 0 radical (unpaired) electrons. The van der Waals surface area contributed by atoms with Gasteiger partial charge in [0.25, 0.3) is 5.91 Å². The van der Waals surface area contributed by atoms with Crippen LogP contribution in [0.5, 0.6) is 0 Å². The highest BCUT2D eigenvalue weighted by atomic mass is 19.1. The van der Waals surface area contributed by atoms with E-state index in [2.05, 4.69) is 25.8 Å². The molecule has 0 aliphatic rings. The summed E-state index contributed by atoms with van der Waals surface area (Å²) in [7, 11) is 0. The highest BCUT2D eigenvalue weighted by molar-refractivity contribution is 6.04. The van der Waals surface area contributed by atoms with Gasteiger partial charge in [-0.1, -0.05) is 6.92 Å². The Labute approximate surface area is 115 Å². The summed E-state index contributed by atoms with van der Waals surface area (Å²) >= 11 is 0. The quantitative estimate of drug-likeness (QED) is 0.873. The van der Waals surface area contributed by atoms with E-state index in [1.165, 1.54) is 18.5 Å². The topological polar surface area (TPSA) is 79.8 Å². The van der Waals surface area contributed by atoms with Crippen molar-refractivity contribution >= 4 is 17.5 Å². The molecule has 0 saturated carbocycles. The van der Waals surface area contributed by atoms with Gasteiger partial charge in [-0.3, -0.25) is 4.79 Å². The van der Waals surface area contributed by atoms with E-state index in [4.69, 9.17) is 0 Å². The lowest BCUT2D eigenvalue weighted by Gasteiger charge is -2.08. The molecular formula is C13H14FN5O. The molecule has 7 heteroatoms. The monoisotopic (exact) mass is 275 g/mol. The summed E-state index contributed by atoms with van der Waals surface area (Å²) < 4.78 is 14.1. The van der Waals surface area contributed by atoms with Crippen LogP contribution in [0.2, 0.25) is 0 Å². The van der Waals surface area contributed by atoms with Gasteiger partial charge in [0, 0.05) is 18.9 Å². The molecule has 104 valence electrons. The predicted molar refractivity (Wildman–Crippen MR) is 73.0 cm³/mol. The molecule has 1 amide bonds. The van der Waals surface area contributed by atoms with Crippen molar-refractivity contribution in [2.75, 3.05) is 17.2 Å². The van der Waals surface area contributed by atoms with Crippen LogP contribution in [-0.4, -0.2) is 27.6 Å². The van der Waals surface area contributed by atoms with Crippen LogP contribution in [0.3, 0.4) is 0 Å². The van der Waals surface area contributed by atoms with Crippen LogP contribution in [0.15, 0.2) is 30.6 Å². The Kier molecular flexibility index (Phi) is 4.54. The summed E-state index contributed by atoms with van der Waals surface area (Å²) in [6.45, 7) is 2.54. The van der Waals surface area contributed by atoms with Gasteiger partial charge >= 0.3 is 0 Å². The van der Waals surface area contributed by atoms with E-state index in [-0.39, 0.29) is 17.2 Å². The lowest BCUT2D eigenvalue weighted by Crippen LogP contribution is -2.16. The van der Waals surface area contributed by atoms with Crippen LogP contribution < -0.4 is 10.6 Å². The van der Waals surface area contributed by atoms with Gasteiger partial charge in [-0.15, -0.1) is 5.10 Å². The summed E-state index contributed by atoms with van der Waals surface area (Å²) in [4.78, 5) is 15.9. The van der Waals surface area contributed by atoms with E-state index in [9.17, 15) is 9.18 Å². The molecule has 0 aliphatic carbocycles. The fourth-order valence-corrected chi connectivity index (χ4v) is 1.54. The van der Waals surface area contributed by atoms with Crippen molar-refractivity contribution in [3.8, 4) is 0 Å². The number of hydrogen-bond donors (Lipinski definition) is 2. The molecule has 0 aromatic carbocycles. The molecule has 6 nitrogen and oxygen atoms in total. The molecule has 2 heterocycles. The fourth-order valence-electron chi connectivity index (χ4n) is 1.54. The number of aromatic nitrogens is 3. The predicted octanol–water partition coefficient (Wildman–Crippen LogP) is 2.08. The number of nitrogens with one attached hydrogen (secondary N) is 2. The molecule has 2 aromatic rings. The van der Waals surface area contributed by atoms with Crippen molar-refractivity contribution < 1.29 is 9.18 Å². The Balaban J connectivity index is 2.17. The Morgan fingerprint density at radius 2 is 2.20 bits per heavy atom. The second kappa shape index (κ2) is 6.55. The number of amides is 1. The second-order valence-electron chi connectivity index (χ2n) is 4.01. The first-order chi connectivity index (χ1) is 9.72. The maximum Gasteiger partial charge on any atom is 0.260 e. The molecular weight excluding hydrogens is 261 g/mol. The van der Waals surface area contributed by atoms with Crippen molar-refractivity contribution in [1.29, 1.82) is 0 Å². The van der Waals surface area contributed by atoms with Crippen molar-refractivity contribution in [3.05, 3.63) is 42.0 Å². The zero-order valence-electron chi connectivity index (χ0n) is 10.9. The first kappa shape index (κ1) is 13.9. The van der Waals surface area contributed by atoms with Crippen LogP contribution in [0.1, 0.15) is 23.7 Å². The van der Waals surface area contributed by atoms with Crippen LogP contribution >= 0.6 is 0 Å². The van der Waals surface area contributed by atoms with Gasteiger partial charge in [-0.25, -0.2) is 9.37 Å². The second-order valence-corrected chi connectivity index (χ2v) is 4.01. The van der Waals surface area contributed by atoms with Gasteiger partial charge in [0.15, 0.2) is 17.5 Å². The van der Waals surface area contributed by atoms with Crippen LogP contribution in [0.25, 0.3) is 0 Å². The van der Waals surface area contributed by atoms with Crippen molar-refractivity contribution in [3.63, 3.8) is 0 Å². The van der Waals surface area contributed by atoms with Crippen LogP contribution in [0.4, 0.5) is 16.0 Å². The van der Waals surface area contributed by atoms with Gasteiger partial charge in [0.2, 0.25) is 0 Å². The van der Waals surface area contributed by atoms with Gasteiger partial charge in [-0.05, 0) is 24.6 Å². The van der Waals surface area contributed by atoms with E-state index in [1.54, 1.807) is 12.1 Å². The maximum atomic E-state index is 14.1. The van der Waals surface area contributed by atoms with E-state index in [0.29, 0.717) is 6.54 Å². The van der Waals surface area contributed by atoms with Crippen molar-refractivity contribution in [1.82, 2.24) is 15.2 Å². The van der Waals surface area contributed by atoms with Gasteiger partial charge in [-0.2, -0.15) is 5.10 Å². The maximum absolute atomic E-state index is 14.1. The van der Waals surface area contributed by atoms with Crippen LogP contribution in [-0.2, 0) is 0 Å². The molecule has 0 spiro atoms. The molecule has 0 atom stereocenters. The summed E-state index contributed by atoms with van der Waals surface area (Å²) in [5.41, 5.74) is -0.0933. The molecule has 2 N–H and O–H groups in total. The third kappa shape index (κ3) is 3.25. The number of anilines is 2. The summed E-state index contributed by atoms with van der Waals surface area (Å²) in [5.74, 6) is -0.942. The van der Waals surface area contributed by atoms with Gasteiger partial charge in [0.05, 0.1) is 5.56 Å². The Morgan fingerprint density at radius 1 is 1.35 bits per heavy atom. The van der Waals surface area contributed by atoms with E-state index >= 15 is 0 Å². The number of hydrogen-bond acceptors (Lipinski definition) is 5. The number of carbonyl (C=O) groups excluding carboxylic acids is 1. The van der Waals surface area contributed by atoms with Gasteiger partial charge in [0.1, 0.15) is 0 Å². The Morgan fingerprint density at radius 3 is 2.90 bits per heavy atom. The molecule has 0 aliphatic heterocycles. The Hall–Kier alpha value is -2.57. The molecule has 20 heavy (non-hydrogen) atoms. The number of rotatable bonds is 5. The third-order valence-corrected chi connectivity index (χ3v) is 2.49. The van der Waals surface area contributed by atoms with E-state index in [0.717, 1.165) is 6.42 Å². The van der Waals surface area contributed by atoms with Crippen LogP contribution in [0, 0.1) is 5.82 Å². The lowest BCUT2D eigenvalue weighted by molar-refractivity contribution is 0.102. The smallest absolute Gasteiger partial charge is 0.260 e. The number of carbonyl (C=O) groups is 1. The summed E-state index contributed by atoms with van der Waals surface area (Å²) in [6, 6.07) is 4.51. The molecule has 0 unspecified atom stereocenters. The first-order valence-corrected chi connectivity index (χ1v) is 6.19. The largest absolute Gasteiger partial charge is 0.368 e. The van der Waals surface area contributed by atoms with Crippen molar-refractivity contribution in [2.45, 2.75) is 13.3 Å². The lowest BCUT2D eigenvalue weighted by atomic mass is 10.2. The van der Waals surface area contributed by atoms with E-state index in [1.807, 2.05) is 6.92 Å². The van der Waals surface area contributed by atoms with Crippen molar-refractivity contribution in [2.24, 2.45) is 0 Å². The average molecular weight is 275 g/mol. The minimum atomic E-state index is -0.678. The van der Waals surface area contributed by atoms with E-state index < -0.39 is 11.7 Å². The van der Waals surface area contributed by atoms with Gasteiger partial charge < -0.3 is 10.6 Å². The first-order valence-electron chi connectivity index (χ1n) is 6.19. The number of halogens is 1. The molecule has 0 bridgehead atoms. The Bertz CT molecular complexity index is 591. The minimum absolute atomic E-state index is 0.0682. The summed E-state index contributed by atoms with van der Waals surface area (Å²) in [6.07, 6.45) is 3.69. The zero-order chi connectivity index (χ0) is 14.4. The zero-order valence-corrected chi connectivity index (χ0v) is 10.9. The average Bonchev–Trinajstić information content (AvgIpc) is 2.47.